The molecule has 0 aliphatic rings. The number of carbonyl (C=O) groups excluding carboxylic acids is 2. The summed E-state index contributed by atoms with van der Waals surface area (Å²) in [4.78, 5) is 24.3. The maximum absolute atomic E-state index is 12.2. The molecule has 136 valence electrons. The third kappa shape index (κ3) is 5.58. The highest BCUT2D eigenvalue weighted by molar-refractivity contribution is 6.31. The molecule has 0 aliphatic heterocycles. The third-order valence-corrected chi connectivity index (χ3v) is 4.28. The Morgan fingerprint density at radius 3 is 2.00 bits per heavy atom. The fourth-order valence-corrected chi connectivity index (χ4v) is 2.78. The summed E-state index contributed by atoms with van der Waals surface area (Å²) < 4.78 is 0. The van der Waals surface area contributed by atoms with E-state index in [9.17, 15) is 9.59 Å². The molecule has 0 bridgehead atoms. The van der Waals surface area contributed by atoms with Gasteiger partial charge in [-0.3, -0.25) is 9.59 Å². The van der Waals surface area contributed by atoms with Crippen LogP contribution in [-0.2, 0) is 11.2 Å². The Morgan fingerprint density at radius 2 is 1.37 bits per heavy atom. The fourth-order valence-electron chi connectivity index (χ4n) is 2.46. The summed E-state index contributed by atoms with van der Waals surface area (Å²) in [5.74, 6) is -0.384. The van der Waals surface area contributed by atoms with Gasteiger partial charge in [0.2, 0.25) is 5.91 Å². The minimum absolute atomic E-state index is 0.131. The second kappa shape index (κ2) is 8.71. The van der Waals surface area contributed by atoms with E-state index in [-0.39, 0.29) is 18.2 Å². The lowest BCUT2D eigenvalue weighted by Crippen LogP contribution is -2.14. The lowest BCUT2D eigenvalue weighted by molar-refractivity contribution is -0.115. The fraction of sp³-hybridized carbons (Fsp3) is 0.0476. The van der Waals surface area contributed by atoms with E-state index in [4.69, 9.17) is 23.2 Å². The summed E-state index contributed by atoms with van der Waals surface area (Å²) in [7, 11) is 0. The molecule has 0 saturated carbocycles. The molecule has 27 heavy (non-hydrogen) atoms. The van der Waals surface area contributed by atoms with Gasteiger partial charge in [-0.1, -0.05) is 41.4 Å². The Morgan fingerprint density at radius 1 is 0.741 bits per heavy atom. The third-order valence-electron chi connectivity index (χ3n) is 3.79. The van der Waals surface area contributed by atoms with Crippen LogP contribution in [-0.4, -0.2) is 11.8 Å². The first-order chi connectivity index (χ1) is 13.0. The monoisotopic (exact) mass is 398 g/mol. The number of carbonyl (C=O) groups is 2. The summed E-state index contributed by atoms with van der Waals surface area (Å²) >= 11 is 11.7. The van der Waals surface area contributed by atoms with Crippen molar-refractivity contribution in [2.45, 2.75) is 6.42 Å². The molecule has 0 aromatic heterocycles. The number of anilines is 2. The zero-order valence-electron chi connectivity index (χ0n) is 14.2. The molecule has 0 spiro atoms. The summed E-state index contributed by atoms with van der Waals surface area (Å²) in [6, 6.07) is 20.8. The van der Waals surface area contributed by atoms with Crippen LogP contribution in [0.3, 0.4) is 0 Å². The van der Waals surface area contributed by atoms with Gasteiger partial charge in [-0.2, -0.15) is 0 Å². The van der Waals surface area contributed by atoms with Gasteiger partial charge in [-0.25, -0.2) is 0 Å². The lowest BCUT2D eigenvalue weighted by atomic mass is 10.1. The van der Waals surface area contributed by atoms with E-state index in [1.54, 1.807) is 60.7 Å². The molecule has 0 atom stereocenters. The number of benzene rings is 3. The molecule has 3 aromatic rings. The van der Waals surface area contributed by atoms with E-state index < -0.39 is 0 Å². The van der Waals surface area contributed by atoms with Gasteiger partial charge in [0.1, 0.15) is 0 Å². The van der Waals surface area contributed by atoms with Gasteiger partial charge in [0.25, 0.3) is 5.91 Å². The van der Waals surface area contributed by atoms with E-state index in [0.29, 0.717) is 27.0 Å². The molecule has 0 radical (unpaired) electrons. The normalized spacial score (nSPS) is 10.3. The Bertz CT molecular complexity index is 955. The van der Waals surface area contributed by atoms with E-state index in [1.165, 1.54) is 0 Å². The van der Waals surface area contributed by atoms with Crippen molar-refractivity contribution in [1.29, 1.82) is 0 Å². The van der Waals surface area contributed by atoms with Gasteiger partial charge in [0.05, 0.1) is 6.42 Å². The molecule has 2 N–H and O–H groups in total. The Kier molecular flexibility index (Phi) is 6.12. The largest absolute Gasteiger partial charge is 0.326 e. The predicted octanol–water partition coefficient (Wildman–Crippen LogP) is 5.43. The maximum Gasteiger partial charge on any atom is 0.255 e. The Balaban J connectivity index is 1.57. The first-order valence-corrected chi connectivity index (χ1v) is 8.96. The second-order valence-corrected chi connectivity index (χ2v) is 6.77. The minimum atomic E-state index is -0.253. The number of halogens is 2. The number of nitrogens with one attached hydrogen (secondary N) is 2. The molecule has 0 heterocycles. The average molecular weight is 399 g/mol. The zero-order valence-corrected chi connectivity index (χ0v) is 15.7. The molecular formula is C21H16Cl2N2O2. The van der Waals surface area contributed by atoms with Crippen LogP contribution in [0.2, 0.25) is 10.0 Å². The van der Waals surface area contributed by atoms with Crippen LogP contribution in [0.1, 0.15) is 15.9 Å². The average Bonchev–Trinajstić information content (AvgIpc) is 2.65. The van der Waals surface area contributed by atoms with Crippen LogP contribution in [0.5, 0.6) is 0 Å². The molecule has 3 aromatic carbocycles. The maximum atomic E-state index is 12.2. The molecule has 0 saturated heterocycles. The van der Waals surface area contributed by atoms with Gasteiger partial charge in [-0.15, -0.1) is 0 Å². The number of rotatable bonds is 5. The quantitative estimate of drug-likeness (QED) is 0.601. The van der Waals surface area contributed by atoms with Crippen LogP contribution < -0.4 is 10.6 Å². The summed E-state index contributed by atoms with van der Waals surface area (Å²) in [6.45, 7) is 0. The van der Waals surface area contributed by atoms with E-state index in [0.717, 1.165) is 5.56 Å². The highest BCUT2D eigenvalue weighted by Crippen LogP contribution is 2.17. The molecule has 0 fully saturated rings. The SMILES string of the molecule is O=C(Cc1ccc(Cl)cc1)Nc1ccc(NC(=O)c2cccc(Cl)c2)cc1. The second-order valence-electron chi connectivity index (χ2n) is 5.89. The summed E-state index contributed by atoms with van der Waals surface area (Å²) in [5.41, 5.74) is 2.62. The zero-order chi connectivity index (χ0) is 19.2. The summed E-state index contributed by atoms with van der Waals surface area (Å²) in [6.07, 6.45) is 0.254. The van der Waals surface area contributed by atoms with Gasteiger partial charge in [-0.05, 0) is 60.2 Å². The van der Waals surface area contributed by atoms with Crippen molar-refractivity contribution in [3.05, 3.63) is 94.0 Å². The van der Waals surface area contributed by atoms with Crippen molar-refractivity contribution in [2.24, 2.45) is 0 Å². The topological polar surface area (TPSA) is 58.2 Å². The standard InChI is InChI=1S/C21H16Cl2N2O2/c22-16-6-4-14(5-7-16)12-20(26)24-18-8-10-19(11-9-18)25-21(27)15-2-1-3-17(23)13-15/h1-11,13H,12H2,(H,24,26)(H,25,27). The van der Waals surface area contributed by atoms with Gasteiger partial charge in [0.15, 0.2) is 0 Å². The molecule has 2 amide bonds. The first kappa shape index (κ1) is 19.0. The van der Waals surface area contributed by atoms with E-state index in [1.807, 2.05) is 12.1 Å². The lowest BCUT2D eigenvalue weighted by Gasteiger charge is -2.08. The molecule has 6 heteroatoms. The van der Waals surface area contributed by atoms with Crippen molar-refractivity contribution in [1.82, 2.24) is 0 Å². The minimum Gasteiger partial charge on any atom is -0.326 e. The highest BCUT2D eigenvalue weighted by Gasteiger charge is 2.08. The van der Waals surface area contributed by atoms with Crippen molar-refractivity contribution in [2.75, 3.05) is 10.6 Å². The van der Waals surface area contributed by atoms with Crippen LogP contribution in [0, 0.1) is 0 Å². The van der Waals surface area contributed by atoms with Crippen LogP contribution >= 0.6 is 23.2 Å². The summed E-state index contributed by atoms with van der Waals surface area (Å²) in [5, 5.41) is 6.75. The van der Waals surface area contributed by atoms with Crippen LogP contribution in [0.25, 0.3) is 0 Å². The van der Waals surface area contributed by atoms with Crippen molar-refractivity contribution in [3.63, 3.8) is 0 Å². The molecule has 4 nitrogen and oxygen atoms in total. The van der Waals surface area contributed by atoms with Crippen LogP contribution in [0.4, 0.5) is 11.4 Å². The van der Waals surface area contributed by atoms with Crippen LogP contribution in [0.15, 0.2) is 72.8 Å². The smallest absolute Gasteiger partial charge is 0.255 e. The number of amides is 2. The molecule has 3 rings (SSSR count). The van der Waals surface area contributed by atoms with Gasteiger partial charge >= 0.3 is 0 Å². The first-order valence-electron chi connectivity index (χ1n) is 8.21. The molecule has 0 aliphatic carbocycles. The van der Waals surface area contributed by atoms with Gasteiger partial charge < -0.3 is 10.6 Å². The number of hydrogen-bond donors (Lipinski definition) is 2. The van der Waals surface area contributed by atoms with Gasteiger partial charge in [0, 0.05) is 27.0 Å². The van der Waals surface area contributed by atoms with Crippen molar-refractivity contribution in [3.8, 4) is 0 Å². The molecule has 0 unspecified atom stereocenters. The van der Waals surface area contributed by atoms with Crippen molar-refractivity contribution >= 4 is 46.4 Å². The van der Waals surface area contributed by atoms with E-state index in [2.05, 4.69) is 10.6 Å². The number of hydrogen-bond acceptors (Lipinski definition) is 2. The molecular weight excluding hydrogens is 383 g/mol. The Hall–Kier alpha value is -2.82. The van der Waals surface area contributed by atoms with E-state index >= 15 is 0 Å². The highest BCUT2D eigenvalue weighted by atomic mass is 35.5. The predicted molar refractivity (Wildman–Crippen MR) is 110 cm³/mol. The van der Waals surface area contributed by atoms with Crippen molar-refractivity contribution < 1.29 is 9.59 Å². The Labute approximate surface area is 167 Å².